The topological polar surface area (TPSA) is 47.6 Å². The van der Waals surface area contributed by atoms with Crippen LogP contribution >= 0.6 is 11.6 Å². The van der Waals surface area contributed by atoms with Gasteiger partial charge in [-0.15, -0.1) is 0 Å². The monoisotopic (exact) mass is 375 g/mol. The average molecular weight is 376 g/mol. The lowest BCUT2D eigenvalue weighted by Gasteiger charge is -2.15. The molecule has 0 aliphatic rings. The largest absolute Gasteiger partial charge is 0.494 e. The highest BCUT2D eigenvalue weighted by Crippen LogP contribution is 2.21. The van der Waals surface area contributed by atoms with Crippen LogP contribution < -0.4 is 14.8 Å². The Bertz CT molecular complexity index is 716. The van der Waals surface area contributed by atoms with E-state index >= 15 is 0 Å². The number of halogens is 1. The van der Waals surface area contributed by atoms with Crippen molar-refractivity contribution in [2.45, 2.75) is 39.7 Å². The number of carbonyl (C=O) groups excluding carboxylic acids is 1. The molecule has 0 radical (unpaired) electrons. The summed E-state index contributed by atoms with van der Waals surface area (Å²) in [7, 11) is 0. The van der Waals surface area contributed by atoms with Crippen LogP contribution in [0.5, 0.6) is 11.5 Å². The van der Waals surface area contributed by atoms with Crippen LogP contribution in [0.3, 0.4) is 0 Å². The van der Waals surface area contributed by atoms with Crippen molar-refractivity contribution in [3.05, 3.63) is 58.6 Å². The van der Waals surface area contributed by atoms with E-state index < -0.39 is 6.10 Å². The minimum Gasteiger partial charge on any atom is -0.494 e. The summed E-state index contributed by atoms with van der Waals surface area (Å²) in [5.41, 5.74) is 2.15. The number of aryl methyl sites for hydroxylation is 2. The molecule has 4 nitrogen and oxygen atoms in total. The molecule has 5 heteroatoms. The van der Waals surface area contributed by atoms with Gasteiger partial charge in [0.15, 0.2) is 6.10 Å². The fourth-order valence-corrected chi connectivity index (χ4v) is 2.63. The summed E-state index contributed by atoms with van der Waals surface area (Å²) in [5, 5.41) is 3.60. The fourth-order valence-electron chi connectivity index (χ4n) is 2.51. The minimum atomic E-state index is -0.555. The molecular formula is C21H26ClNO3. The van der Waals surface area contributed by atoms with E-state index in [0.717, 1.165) is 24.2 Å². The number of carbonyl (C=O) groups is 1. The van der Waals surface area contributed by atoms with Crippen molar-refractivity contribution in [3.8, 4) is 11.5 Å². The molecule has 26 heavy (non-hydrogen) atoms. The zero-order valence-corrected chi connectivity index (χ0v) is 16.3. The maximum Gasteiger partial charge on any atom is 0.260 e. The maximum atomic E-state index is 12.1. The van der Waals surface area contributed by atoms with Crippen molar-refractivity contribution in [2.24, 2.45) is 0 Å². The van der Waals surface area contributed by atoms with Gasteiger partial charge in [-0.25, -0.2) is 0 Å². The molecule has 1 unspecified atom stereocenters. The molecule has 0 heterocycles. The summed E-state index contributed by atoms with van der Waals surface area (Å²) in [4.78, 5) is 12.1. The Morgan fingerprint density at radius 1 is 1.15 bits per heavy atom. The van der Waals surface area contributed by atoms with Gasteiger partial charge >= 0.3 is 0 Å². The molecule has 0 saturated carbocycles. The molecule has 0 aromatic heterocycles. The zero-order chi connectivity index (χ0) is 18.9. The Morgan fingerprint density at radius 3 is 2.50 bits per heavy atom. The van der Waals surface area contributed by atoms with Gasteiger partial charge in [0, 0.05) is 11.6 Å². The van der Waals surface area contributed by atoms with Crippen molar-refractivity contribution < 1.29 is 14.3 Å². The van der Waals surface area contributed by atoms with Gasteiger partial charge in [-0.2, -0.15) is 0 Å². The van der Waals surface area contributed by atoms with Gasteiger partial charge in [0.1, 0.15) is 11.5 Å². The van der Waals surface area contributed by atoms with E-state index in [2.05, 4.69) is 17.4 Å². The van der Waals surface area contributed by atoms with Crippen LogP contribution in [-0.4, -0.2) is 25.2 Å². The van der Waals surface area contributed by atoms with Crippen molar-refractivity contribution in [2.75, 3.05) is 13.2 Å². The lowest BCUT2D eigenvalue weighted by atomic mass is 10.1. The molecule has 140 valence electrons. The molecule has 0 saturated heterocycles. The Labute approximate surface area is 160 Å². The van der Waals surface area contributed by atoms with E-state index in [0.29, 0.717) is 23.9 Å². The lowest BCUT2D eigenvalue weighted by Crippen LogP contribution is -2.36. The summed E-state index contributed by atoms with van der Waals surface area (Å²) in [6, 6.07) is 13.4. The highest BCUT2D eigenvalue weighted by atomic mass is 35.5. The summed E-state index contributed by atoms with van der Waals surface area (Å²) in [6.07, 6.45) is 1.21. The number of benzene rings is 2. The quantitative estimate of drug-likeness (QED) is 0.653. The second kappa shape index (κ2) is 10.1. The molecule has 1 amide bonds. The first kappa shape index (κ1) is 20.1. The third-order valence-corrected chi connectivity index (χ3v) is 4.41. The van der Waals surface area contributed by atoms with Gasteiger partial charge in [-0.05, 0) is 75.1 Å². The number of hydrogen-bond donors (Lipinski definition) is 1. The first-order chi connectivity index (χ1) is 12.5. The van der Waals surface area contributed by atoms with Crippen LogP contribution in [0.2, 0.25) is 5.02 Å². The lowest BCUT2D eigenvalue weighted by molar-refractivity contribution is -0.127. The molecule has 1 atom stereocenters. The van der Waals surface area contributed by atoms with Crippen LogP contribution in [0.25, 0.3) is 0 Å². The summed E-state index contributed by atoms with van der Waals surface area (Å²) < 4.78 is 11.1. The number of rotatable bonds is 9. The van der Waals surface area contributed by atoms with E-state index in [1.54, 1.807) is 19.1 Å². The van der Waals surface area contributed by atoms with Gasteiger partial charge in [0.2, 0.25) is 0 Å². The molecule has 2 aromatic rings. The van der Waals surface area contributed by atoms with Gasteiger partial charge < -0.3 is 14.8 Å². The van der Waals surface area contributed by atoms with Crippen molar-refractivity contribution in [3.63, 3.8) is 0 Å². The van der Waals surface area contributed by atoms with Gasteiger partial charge in [-0.3, -0.25) is 4.79 Å². The first-order valence-electron chi connectivity index (χ1n) is 8.92. The average Bonchev–Trinajstić information content (AvgIpc) is 2.63. The SMILES string of the molecule is CCOc1ccc(CCCNC(=O)C(C)Oc2ccc(Cl)c(C)c2)cc1. The maximum absolute atomic E-state index is 12.1. The van der Waals surface area contributed by atoms with Crippen LogP contribution in [0.15, 0.2) is 42.5 Å². The molecule has 2 aromatic carbocycles. The van der Waals surface area contributed by atoms with E-state index in [4.69, 9.17) is 21.1 Å². The van der Waals surface area contributed by atoms with Crippen LogP contribution in [0.4, 0.5) is 0 Å². The van der Waals surface area contributed by atoms with Gasteiger partial charge in [0.25, 0.3) is 5.91 Å². The molecule has 0 aliphatic carbocycles. The van der Waals surface area contributed by atoms with E-state index in [-0.39, 0.29) is 5.91 Å². The minimum absolute atomic E-state index is 0.121. The van der Waals surface area contributed by atoms with Crippen LogP contribution in [0.1, 0.15) is 31.4 Å². The summed E-state index contributed by atoms with van der Waals surface area (Å²) in [6.45, 7) is 6.89. The smallest absolute Gasteiger partial charge is 0.260 e. The third-order valence-electron chi connectivity index (χ3n) is 3.99. The molecular weight excluding hydrogens is 350 g/mol. The standard InChI is InChI=1S/C21H26ClNO3/c1-4-25-18-9-7-17(8-10-18)6-5-13-23-21(24)16(3)26-19-11-12-20(22)15(2)14-19/h7-12,14,16H,4-6,13H2,1-3H3,(H,23,24). The molecule has 0 aliphatic heterocycles. The van der Waals surface area contributed by atoms with Crippen molar-refractivity contribution in [1.82, 2.24) is 5.32 Å². The second-order valence-electron chi connectivity index (χ2n) is 6.14. The van der Waals surface area contributed by atoms with Crippen LogP contribution in [0, 0.1) is 6.92 Å². The van der Waals surface area contributed by atoms with Crippen molar-refractivity contribution in [1.29, 1.82) is 0 Å². The van der Waals surface area contributed by atoms with E-state index in [1.807, 2.05) is 32.0 Å². The number of hydrogen-bond acceptors (Lipinski definition) is 3. The molecule has 0 bridgehead atoms. The number of nitrogens with one attached hydrogen (secondary N) is 1. The molecule has 2 rings (SSSR count). The van der Waals surface area contributed by atoms with E-state index in [9.17, 15) is 4.79 Å². The predicted octanol–water partition coefficient (Wildman–Crippen LogP) is 4.56. The summed E-state index contributed by atoms with van der Waals surface area (Å²) in [5.74, 6) is 1.40. The zero-order valence-electron chi connectivity index (χ0n) is 15.5. The Balaban J connectivity index is 1.71. The highest BCUT2D eigenvalue weighted by Gasteiger charge is 2.14. The third kappa shape index (κ3) is 6.26. The van der Waals surface area contributed by atoms with E-state index in [1.165, 1.54) is 5.56 Å². The number of amides is 1. The van der Waals surface area contributed by atoms with Crippen LogP contribution in [-0.2, 0) is 11.2 Å². The Hall–Kier alpha value is -2.20. The Morgan fingerprint density at radius 2 is 1.85 bits per heavy atom. The summed E-state index contributed by atoms with van der Waals surface area (Å²) >= 11 is 6.00. The normalized spacial score (nSPS) is 11.7. The fraction of sp³-hybridized carbons (Fsp3) is 0.381. The predicted molar refractivity (Wildman–Crippen MR) is 105 cm³/mol. The molecule has 0 spiro atoms. The number of ether oxygens (including phenoxy) is 2. The second-order valence-corrected chi connectivity index (χ2v) is 6.55. The highest BCUT2D eigenvalue weighted by molar-refractivity contribution is 6.31. The molecule has 0 fully saturated rings. The molecule has 1 N–H and O–H groups in total. The first-order valence-corrected chi connectivity index (χ1v) is 9.29. The van der Waals surface area contributed by atoms with Gasteiger partial charge in [-0.1, -0.05) is 23.7 Å². The Kier molecular flexibility index (Phi) is 7.79. The van der Waals surface area contributed by atoms with Gasteiger partial charge in [0.05, 0.1) is 6.61 Å². The van der Waals surface area contributed by atoms with Crippen molar-refractivity contribution >= 4 is 17.5 Å².